The van der Waals surface area contributed by atoms with Crippen LogP contribution in [0.5, 0.6) is 0 Å². The molecule has 6 nitrogen and oxygen atoms in total. The number of nitrogens with two attached hydrogens (primary N) is 1. The van der Waals surface area contributed by atoms with Crippen LogP contribution in [0, 0.1) is 10.1 Å². The Hall–Kier alpha value is -2.89. The number of hydrogen-bond donors (Lipinski definition) is 1. The molecule has 0 saturated carbocycles. The summed E-state index contributed by atoms with van der Waals surface area (Å²) in [6.07, 6.45) is -1.90. The minimum atomic E-state index is -0.989. The maximum Gasteiger partial charge on any atom is 0.405 e. The molecule has 0 spiro atoms. The van der Waals surface area contributed by atoms with E-state index in [0.29, 0.717) is 5.56 Å². The fourth-order valence-corrected chi connectivity index (χ4v) is 1.93. The highest BCUT2D eigenvalue weighted by Crippen LogP contribution is 2.32. The van der Waals surface area contributed by atoms with Crippen molar-refractivity contribution >= 4 is 11.8 Å². The topological polar surface area (TPSA) is 95.5 Å². The summed E-state index contributed by atoms with van der Waals surface area (Å²) in [6.45, 7) is 0. The van der Waals surface area contributed by atoms with Crippen molar-refractivity contribution in [3.05, 3.63) is 75.8 Å². The van der Waals surface area contributed by atoms with Crippen LogP contribution in [0.3, 0.4) is 0 Å². The summed E-state index contributed by atoms with van der Waals surface area (Å²) in [5.74, 6) is 0. The van der Waals surface area contributed by atoms with Gasteiger partial charge in [0.05, 0.1) is 10.5 Å². The molecule has 2 aromatic rings. The van der Waals surface area contributed by atoms with Gasteiger partial charge in [-0.2, -0.15) is 0 Å². The van der Waals surface area contributed by atoms with E-state index in [9.17, 15) is 14.9 Å². The quantitative estimate of drug-likeness (QED) is 0.683. The lowest BCUT2D eigenvalue weighted by atomic mass is 10.00. The molecule has 0 fully saturated rings. The van der Waals surface area contributed by atoms with Gasteiger partial charge in [-0.05, 0) is 11.6 Å². The zero-order valence-corrected chi connectivity index (χ0v) is 10.4. The smallest absolute Gasteiger partial charge is 0.405 e. The molecule has 0 radical (unpaired) electrons. The first kappa shape index (κ1) is 13.5. The lowest BCUT2D eigenvalue weighted by Gasteiger charge is -2.17. The third-order valence-electron chi connectivity index (χ3n) is 2.75. The van der Waals surface area contributed by atoms with Crippen molar-refractivity contribution in [1.29, 1.82) is 0 Å². The van der Waals surface area contributed by atoms with Crippen LogP contribution in [-0.2, 0) is 4.74 Å². The fraction of sp³-hybridized carbons (Fsp3) is 0.0714. The predicted molar refractivity (Wildman–Crippen MR) is 72.0 cm³/mol. The van der Waals surface area contributed by atoms with Gasteiger partial charge in [0.1, 0.15) is 0 Å². The summed E-state index contributed by atoms with van der Waals surface area (Å²) in [4.78, 5) is 21.6. The monoisotopic (exact) mass is 272 g/mol. The summed E-state index contributed by atoms with van der Waals surface area (Å²) >= 11 is 0. The average Bonchev–Trinajstić information content (AvgIpc) is 2.45. The van der Waals surface area contributed by atoms with Crippen molar-refractivity contribution in [2.45, 2.75) is 6.10 Å². The van der Waals surface area contributed by atoms with E-state index in [2.05, 4.69) is 0 Å². The standard InChI is InChI=1S/C14H12N2O4/c15-14(17)20-13(10-6-2-1-3-7-10)11-8-4-5-9-12(11)16(18)19/h1-9,13H,(H2,15,17). The molecule has 1 amide bonds. The molecule has 0 saturated heterocycles. The Labute approximate surface area is 114 Å². The van der Waals surface area contributed by atoms with Crippen LogP contribution >= 0.6 is 0 Å². The molecule has 2 N–H and O–H groups in total. The van der Waals surface area contributed by atoms with E-state index in [-0.39, 0.29) is 11.3 Å². The molecule has 0 bridgehead atoms. The number of nitro benzene ring substituents is 1. The van der Waals surface area contributed by atoms with Gasteiger partial charge in [0.25, 0.3) is 5.69 Å². The third kappa shape index (κ3) is 2.92. The minimum Gasteiger partial charge on any atom is -0.436 e. The molecule has 2 rings (SSSR count). The van der Waals surface area contributed by atoms with Gasteiger partial charge in [0, 0.05) is 6.07 Å². The van der Waals surface area contributed by atoms with Gasteiger partial charge in [-0.1, -0.05) is 42.5 Å². The lowest BCUT2D eigenvalue weighted by molar-refractivity contribution is -0.386. The number of carbonyl (C=O) groups excluding carboxylic acids is 1. The van der Waals surface area contributed by atoms with Crippen LogP contribution in [0.2, 0.25) is 0 Å². The van der Waals surface area contributed by atoms with E-state index in [1.165, 1.54) is 6.07 Å². The molecule has 20 heavy (non-hydrogen) atoms. The SMILES string of the molecule is NC(=O)OC(c1ccccc1)c1ccccc1[N+](=O)[O-]. The summed E-state index contributed by atoms with van der Waals surface area (Å²) in [6, 6.07) is 14.8. The molecule has 0 aliphatic heterocycles. The minimum absolute atomic E-state index is 0.123. The Balaban J connectivity index is 2.52. The molecule has 2 aromatic carbocycles. The lowest BCUT2D eigenvalue weighted by Crippen LogP contribution is -2.19. The van der Waals surface area contributed by atoms with Crippen LogP contribution in [-0.4, -0.2) is 11.0 Å². The molecule has 0 aliphatic carbocycles. The summed E-state index contributed by atoms with van der Waals surface area (Å²) in [5, 5.41) is 11.1. The maximum atomic E-state index is 11.1. The Kier molecular flexibility index (Phi) is 3.95. The van der Waals surface area contributed by atoms with E-state index < -0.39 is 17.1 Å². The Morgan fingerprint density at radius 2 is 1.70 bits per heavy atom. The second-order valence-corrected chi connectivity index (χ2v) is 4.04. The Morgan fingerprint density at radius 1 is 1.10 bits per heavy atom. The molecule has 0 aliphatic rings. The summed E-state index contributed by atoms with van der Waals surface area (Å²) in [5.41, 5.74) is 5.83. The molecule has 102 valence electrons. The van der Waals surface area contributed by atoms with Crippen molar-refractivity contribution in [2.24, 2.45) is 5.73 Å². The molecule has 0 aromatic heterocycles. The summed E-state index contributed by atoms with van der Waals surface area (Å²) < 4.78 is 5.05. The Morgan fingerprint density at radius 3 is 2.30 bits per heavy atom. The van der Waals surface area contributed by atoms with Crippen LogP contribution in [0.25, 0.3) is 0 Å². The number of nitrogens with zero attached hydrogens (tertiary/aromatic N) is 1. The van der Waals surface area contributed by atoms with Gasteiger partial charge in [0.2, 0.25) is 0 Å². The number of carbonyl (C=O) groups is 1. The van der Waals surface area contributed by atoms with E-state index in [0.717, 1.165) is 0 Å². The van der Waals surface area contributed by atoms with Crippen LogP contribution in [0.4, 0.5) is 10.5 Å². The van der Waals surface area contributed by atoms with Crippen molar-refractivity contribution in [2.75, 3.05) is 0 Å². The molecule has 1 atom stereocenters. The fourth-order valence-electron chi connectivity index (χ4n) is 1.93. The van der Waals surface area contributed by atoms with Gasteiger partial charge in [-0.3, -0.25) is 10.1 Å². The second-order valence-electron chi connectivity index (χ2n) is 4.04. The number of amides is 1. The highest BCUT2D eigenvalue weighted by atomic mass is 16.6. The average molecular weight is 272 g/mol. The third-order valence-corrected chi connectivity index (χ3v) is 2.75. The van der Waals surface area contributed by atoms with Crippen LogP contribution in [0.1, 0.15) is 17.2 Å². The first-order chi connectivity index (χ1) is 9.59. The largest absolute Gasteiger partial charge is 0.436 e. The van der Waals surface area contributed by atoms with E-state index >= 15 is 0 Å². The van der Waals surface area contributed by atoms with Gasteiger partial charge in [-0.25, -0.2) is 4.79 Å². The first-order valence-electron chi connectivity index (χ1n) is 5.84. The Bertz CT molecular complexity index is 628. The first-order valence-corrected chi connectivity index (χ1v) is 5.84. The summed E-state index contributed by atoms with van der Waals surface area (Å²) in [7, 11) is 0. The van der Waals surface area contributed by atoms with Gasteiger partial charge in [-0.15, -0.1) is 0 Å². The number of nitro groups is 1. The normalized spacial score (nSPS) is 11.6. The van der Waals surface area contributed by atoms with E-state index in [1.807, 2.05) is 0 Å². The number of rotatable bonds is 4. The number of hydrogen-bond acceptors (Lipinski definition) is 4. The molecule has 0 heterocycles. The van der Waals surface area contributed by atoms with Crippen molar-refractivity contribution in [1.82, 2.24) is 0 Å². The molecule has 6 heteroatoms. The zero-order valence-electron chi connectivity index (χ0n) is 10.4. The van der Waals surface area contributed by atoms with Gasteiger partial charge >= 0.3 is 6.09 Å². The van der Waals surface area contributed by atoms with Gasteiger partial charge < -0.3 is 10.5 Å². The van der Waals surface area contributed by atoms with Crippen LogP contribution < -0.4 is 5.73 Å². The highest BCUT2D eigenvalue weighted by Gasteiger charge is 2.25. The van der Waals surface area contributed by atoms with Crippen molar-refractivity contribution in [3.8, 4) is 0 Å². The number of primary amides is 1. The van der Waals surface area contributed by atoms with Gasteiger partial charge in [0.15, 0.2) is 6.10 Å². The number of para-hydroxylation sites is 1. The highest BCUT2D eigenvalue weighted by molar-refractivity contribution is 5.66. The zero-order chi connectivity index (χ0) is 14.5. The number of ether oxygens (including phenoxy) is 1. The molecular weight excluding hydrogens is 260 g/mol. The predicted octanol–water partition coefficient (Wildman–Crippen LogP) is 2.78. The maximum absolute atomic E-state index is 11.1. The van der Waals surface area contributed by atoms with Crippen molar-refractivity contribution in [3.63, 3.8) is 0 Å². The molecule has 1 unspecified atom stereocenters. The molecular formula is C14H12N2O4. The van der Waals surface area contributed by atoms with Crippen molar-refractivity contribution < 1.29 is 14.5 Å². The second kappa shape index (κ2) is 5.83. The number of benzene rings is 2. The van der Waals surface area contributed by atoms with E-state index in [4.69, 9.17) is 10.5 Å². The van der Waals surface area contributed by atoms with Crippen LogP contribution in [0.15, 0.2) is 54.6 Å². The van der Waals surface area contributed by atoms with E-state index in [1.54, 1.807) is 48.5 Å².